The highest BCUT2D eigenvalue weighted by molar-refractivity contribution is 5.19. The van der Waals surface area contributed by atoms with Gasteiger partial charge in [-0.05, 0) is 56.0 Å². The molecule has 1 N–H and O–H groups in total. The summed E-state index contributed by atoms with van der Waals surface area (Å²) in [6.07, 6.45) is 2.22. The Labute approximate surface area is 113 Å². The van der Waals surface area contributed by atoms with Gasteiger partial charge < -0.3 is 10.0 Å². The monoisotopic (exact) mass is 269 g/mol. The van der Waals surface area contributed by atoms with Gasteiger partial charge in [0, 0.05) is 6.54 Å². The zero-order chi connectivity index (χ0) is 13.8. The molecular formula is C15H21F2NO. The lowest BCUT2D eigenvalue weighted by atomic mass is 9.98. The molecule has 0 aromatic heterocycles. The summed E-state index contributed by atoms with van der Waals surface area (Å²) in [6.45, 7) is 5.18. The van der Waals surface area contributed by atoms with Gasteiger partial charge in [0.2, 0.25) is 0 Å². The molecule has 1 atom stereocenters. The minimum absolute atomic E-state index is 0.448. The Morgan fingerprint density at radius 1 is 1.26 bits per heavy atom. The summed E-state index contributed by atoms with van der Waals surface area (Å²) in [5, 5.41) is 10.0. The number of nitrogens with zero attached hydrogens (tertiary/aromatic N) is 1. The van der Waals surface area contributed by atoms with Crippen LogP contribution in [0.3, 0.4) is 0 Å². The van der Waals surface area contributed by atoms with Crippen LogP contribution in [-0.2, 0) is 0 Å². The van der Waals surface area contributed by atoms with E-state index in [-0.39, 0.29) is 0 Å². The Balaban J connectivity index is 1.83. The lowest BCUT2D eigenvalue weighted by Gasteiger charge is -2.30. The first-order chi connectivity index (χ1) is 9.06. The molecule has 1 aliphatic heterocycles. The van der Waals surface area contributed by atoms with Crippen molar-refractivity contribution in [1.29, 1.82) is 0 Å². The van der Waals surface area contributed by atoms with Crippen molar-refractivity contribution in [2.75, 3.05) is 19.6 Å². The van der Waals surface area contributed by atoms with E-state index in [9.17, 15) is 13.9 Å². The predicted octanol–water partition coefficient (Wildman–Crippen LogP) is 3.12. The Bertz CT molecular complexity index is 417. The number of piperidine rings is 1. The van der Waals surface area contributed by atoms with Crippen molar-refractivity contribution < 1.29 is 13.9 Å². The predicted molar refractivity (Wildman–Crippen MR) is 70.8 cm³/mol. The fraction of sp³-hybridized carbons (Fsp3) is 0.600. The SMILES string of the molecule is CC1CCN(CCC(O)c2ccc(F)c(F)c2)CC1. The van der Waals surface area contributed by atoms with Crippen LogP contribution in [0, 0.1) is 17.6 Å². The molecule has 0 spiro atoms. The van der Waals surface area contributed by atoms with E-state index < -0.39 is 17.7 Å². The van der Waals surface area contributed by atoms with Crippen LogP contribution < -0.4 is 0 Å². The fourth-order valence-corrected chi connectivity index (χ4v) is 2.48. The highest BCUT2D eigenvalue weighted by Crippen LogP contribution is 2.21. The Hall–Kier alpha value is -1.00. The molecule has 106 valence electrons. The van der Waals surface area contributed by atoms with Gasteiger partial charge in [-0.3, -0.25) is 0 Å². The molecule has 1 aliphatic rings. The maximum Gasteiger partial charge on any atom is 0.159 e. The molecule has 0 saturated carbocycles. The average molecular weight is 269 g/mol. The van der Waals surface area contributed by atoms with Crippen molar-refractivity contribution >= 4 is 0 Å². The normalized spacial score (nSPS) is 19.6. The number of hydrogen-bond acceptors (Lipinski definition) is 2. The van der Waals surface area contributed by atoms with Crippen LogP contribution in [-0.4, -0.2) is 29.6 Å². The Morgan fingerprint density at radius 3 is 2.58 bits per heavy atom. The number of hydrogen-bond donors (Lipinski definition) is 1. The average Bonchev–Trinajstić information content (AvgIpc) is 2.41. The van der Waals surface area contributed by atoms with E-state index in [0.29, 0.717) is 12.0 Å². The van der Waals surface area contributed by atoms with E-state index in [1.54, 1.807) is 0 Å². The van der Waals surface area contributed by atoms with Crippen molar-refractivity contribution in [3.05, 3.63) is 35.4 Å². The van der Waals surface area contributed by atoms with Gasteiger partial charge in [0.15, 0.2) is 11.6 Å². The van der Waals surface area contributed by atoms with Crippen molar-refractivity contribution in [2.45, 2.75) is 32.3 Å². The topological polar surface area (TPSA) is 23.5 Å². The van der Waals surface area contributed by atoms with E-state index in [0.717, 1.165) is 37.7 Å². The molecule has 1 unspecified atom stereocenters. The molecule has 4 heteroatoms. The fourth-order valence-electron chi connectivity index (χ4n) is 2.48. The molecule has 19 heavy (non-hydrogen) atoms. The third-order valence-corrected chi connectivity index (χ3v) is 3.92. The van der Waals surface area contributed by atoms with E-state index >= 15 is 0 Å². The van der Waals surface area contributed by atoms with Crippen molar-refractivity contribution in [3.8, 4) is 0 Å². The molecule has 0 bridgehead atoms. The molecular weight excluding hydrogens is 248 g/mol. The van der Waals surface area contributed by atoms with Gasteiger partial charge in [-0.25, -0.2) is 8.78 Å². The summed E-state index contributed by atoms with van der Waals surface area (Å²) in [4.78, 5) is 2.32. The Morgan fingerprint density at radius 2 is 1.95 bits per heavy atom. The summed E-state index contributed by atoms with van der Waals surface area (Å²) < 4.78 is 25.9. The maximum atomic E-state index is 13.1. The smallest absolute Gasteiger partial charge is 0.159 e. The standard InChI is InChI=1S/C15H21F2NO/c1-11-4-7-18(8-5-11)9-6-15(19)12-2-3-13(16)14(17)10-12/h2-3,10-11,15,19H,4-9H2,1H3. The van der Waals surface area contributed by atoms with Crippen LogP contribution in [0.4, 0.5) is 8.78 Å². The van der Waals surface area contributed by atoms with E-state index in [1.807, 2.05) is 0 Å². The first-order valence-corrected chi connectivity index (χ1v) is 6.91. The number of aliphatic hydroxyl groups excluding tert-OH is 1. The van der Waals surface area contributed by atoms with E-state index in [1.165, 1.54) is 18.9 Å². The van der Waals surface area contributed by atoms with E-state index in [2.05, 4.69) is 11.8 Å². The van der Waals surface area contributed by atoms with Crippen LogP contribution in [0.25, 0.3) is 0 Å². The molecule has 0 aliphatic carbocycles. The van der Waals surface area contributed by atoms with E-state index in [4.69, 9.17) is 0 Å². The molecule has 1 heterocycles. The van der Waals surface area contributed by atoms with Crippen LogP contribution in [0.5, 0.6) is 0 Å². The maximum absolute atomic E-state index is 13.1. The van der Waals surface area contributed by atoms with Crippen molar-refractivity contribution in [1.82, 2.24) is 4.90 Å². The molecule has 1 aromatic carbocycles. The van der Waals surface area contributed by atoms with Gasteiger partial charge in [0.25, 0.3) is 0 Å². The van der Waals surface area contributed by atoms with Gasteiger partial charge in [-0.1, -0.05) is 13.0 Å². The second kappa shape index (κ2) is 6.44. The first-order valence-electron chi connectivity index (χ1n) is 6.91. The lowest BCUT2D eigenvalue weighted by Crippen LogP contribution is -2.34. The Kier molecular flexibility index (Phi) is 4.88. The molecule has 2 nitrogen and oxygen atoms in total. The number of rotatable bonds is 4. The first kappa shape index (κ1) is 14.4. The zero-order valence-electron chi connectivity index (χ0n) is 11.3. The van der Waals surface area contributed by atoms with Gasteiger partial charge in [0.1, 0.15) is 0 Å². The molecule has 2 rings (SSSR count). The molecule has 1 saturated heterocycles. The summed E-state index contributed by atoms with van der Waals surface area (Å²) >= 11 is 0. The summed E-state index contributed by atoms with van der Waals surface area (Å²) in [7, 11) is 0. The summed E-state index contributed by atoms with van der Waals surface area (Å²) in [5.41, 5.74) is 0.448. The lowest BCUT2D eigenvalue weighted by molar-refractivity contribution is 0.125. The summed E-state index contributed by atoms with van der Waals surface area (Å²) in [5.74, 6) is -0.989. The van der Waals surface area contributed by atoms with Crippen molar-refractivity contribution in [3.63, 3.8) is 0 Å². The minimum Gasteiger partial charge on any atom is -0.388 e. The molecule has 0 radical (unpaired) electrons. The van der Waals surface area contributed by atoms with Crippen LogP contribution >= 0.6 is 0 Å². The van der Waals surface area contributed by atoms with Crippen LogP contribution in [0.1, 0.15) is 37.9 Å². The second-order valence-electron chi connectivity index (χ2n) is 5.50. The zero-order valence-corrected chi connectivity index (χ0v) is 11.3. The third-order valence-electron chi connectivity index (χ3n) is 3.92. The number of likely N-dealkylation sites (tertiary alicyclic amines) is 1. The van der Waals surface area contributed by atoms with Crippen molar-refractivity contribution in [2.24, 2.45) is 5.92 Å². The molecule has 0 amide bonds. The van der Waals surface area contributed by atoms with Crippen LogP contribution in [0.15, 0.2) is 18.2 Å². The third kappa shape index (κ3) is 3.98. The van der Waals surface area contributed by atoms with Gasteiger partial charge >= 0.3 is 0 Å². The molecule has 1 aromatic rings. The van der Waals surface area contributed by atoms with Gasteiger partial charge in [-0.2, -0.15) is 0 Å². The van der Waals surface area contributed by atoms with Gasteiger partial charge in [0.05, 0.1) is 6.10 Å². The largest absolute Gasteiger partial charge is 0.388 e. The highest BCUT2D eigenvalue weighted by Gasteiger charge is 2.17. The quantitative estimate of drug-likeness (QED) is 0.907. The van der Waals surface area contributed by atoms with Crippen LogP contribution in [0.2, 0.25) is 0 Å². The number of aliphatic hydroxyl groups is 1. The highest BCUT2D eigenvalue weighted by atomic mass is 19.2. The second-order valence-corrected chi connectivity index (χ2v) is 5.50. The summed E-state index contributed by atoms with van der Waals surface area (Å²) in [6, 6.07) is 3.59. The number of benzene rings is 1. The minimum atomic E-state index is -0.900. The van der Waals surface area contributed by atoms with Gasteiger partial charge in [-0.15, -0.1) is 0 Å². The number of halogens is 2. The molecule has 1 fully saturated rings.